The van der Waals surface area contributed by atoms with Crippen molar-refractivity contribution in [2.24, 2.45) is 17.1 Å². The first kappa shape index (κ1) is 16.9. The molecule has 0 aromatic carbocycles. The van der Waals surface area contributed by atoms with Crippen LogP contribution < -0.4 is 11.1 Å². The van der Waals surface area contributed by atoms with E-state index in [1.165, 1.54) is 0 Å². The summed E-state index contributed by atoms with van der Waals surface area (Å²) in [6.45, 7) is 7.27. The summed E-state index contributed by atoms with van der Waals surface area (Å²) < 4.78 is 0. The van der Waals surface area contributed by atoms with Crippen LogP contribution in [-0.4, -0.2) is 30.1 Å². The molecule has 0 heterocycles. The van der Waals surface area contributed by atoms with Crippen LogP contribution >= 0.6 is 0 Å². The van der Waals surface area contributed by atoms with Gasteiger partial charge < -0.3 is 16.2 Å². The molecule has 0 aliphatic heterocycles. The van der Waals surface area contributed by atoms with Crippen LogP contribution in [0.25, 0.3) is 0 Å². The second kappa shape index (κ2) is 8.08. The molecule has 4 N–H and O–H groups in total. The molecular formula is C13H26N2O3. The largest absolute Gasteiger partial charge is 0.481 e. The van der Waals surface area contributed by atoms with Gasteiger partial charge in [0.25, 0.3) is 0 Å². The Morgan fingerprint density at radius 3 is 2.28 bits per heavy atom. The SMILES string of the molecule is CC(C)(C)C(CCN)CCC(=O)NCCC(=O)O. The summed E-state index contributed by atoms with van der Waals surface area (Å²) in [6, 6.07) is 0. The number of amides is 1. The van der Waals surface area contributed by atoms with E-state index in [1.54, 1.807) is 0 Å². The molecule has 0 saturated heterocycles. The molecule has 18 heavy (non-hydrogen) atoms. The number of carboxylic acid groups (broad SMARTS) is 1. The highest BCUT2D eigenvalue weighted by Gasteiger charge is 2.24. The molecule has 0 rings (SSSR count). The van der Waals surface area contributed by atoms with Gasteiger partial charge >= 0.3 is 5.97 Å². The lowest BCUT2D eigenvalue weighted by Crippen LogP contribution is -2.29. The van der Waals surface area contributed by atoms with Crippen LogP contribution in [0.3, 0.4) is 0 Å². The minimum atomic E-state index is -0.897. The number of rotatable bonds is 8. The standard InChI is InChI=1S/C13H26N2O3/c1-13(2,3)10(6-8-14)4-5-11(16)15-9-7-12(17)18/h10H,4-9,14H2,1-3H3,(H,15,16)(H,17,18). The summed E-state index contributed by atoms with van der Waals surface area (Å²) in [7, 11) is 0. The minimum absolute atomic E-state index is 0.0305. The molecule has 0 radical (unpaired) electrons. The highest BCUT2D eigenvalue weighted by molar-refractivity contribution is 5.76. The third kappa shape index (κ3) is 8.06. The van der Waals surface area contributed by atoms with E-state index >= 15 is 0 Å². The number of aliphatic carboxylic acids is 1. The van der Waals surface area contributed by atoms with Crippen molar-refractivity contribution >= 4 is 11.9 Å². The monoisotopic (exact) mass is 258 g/mol. The Morgan fingerprint density at radius 1 is 1.22 bits per heavy atom. The van der Waals surface area contributed by atoms with Gasteiger partial charge in [-0.3, -0.25) is 9.59 Å². The summed E-state index contributed by atoms with van der Waals surface area (Å²) in [6.07, 6.45) is 2.10. The summed E-state index contributed by atoms with van der Waals surface area (Å²) in [5.41, 5.74) is 5.72. The summed E-state index contributed by atoms with van der Waals surface area (Å²) in [5.74, 6) is -0.568. The third-order valence-corrected chi connectivity index (χ3v) is 3.12. The van der Waals surface area contributed by atoms with Crippen LogP contribution in [0.15, 0.2) is 0 Å². The number of nitrogens with two attached hydrogens (primary N) is 1. The molecule has 1 amide bonds. The Morgan fingerprint density at radius 2 is 1.83 bits per heavy atom. The maximum absolute atomic E-state index is 11.5. The highest BCUT2D eigenvalue weighted by atomic mass is 16.4. The van der Waals surface area contributed by atoms with Crippen LogP contribution in [0.1, 0.15) is 46.5 Å². The van der Waals surface area contributed by atoms with Crippen LogP contribution in [-0.2, 0) is 9.59 Å². The van der Waals surface area contributed by atoms with E-state index in [0.717, 1.165) is 12.8 Å². The second-order valence-corrected chi connectivity index (χ2v) is 5.67. The number of carbonyl (C=O) groups is 2. The van der Waals surface area contributed by atoms with Crippen LogP contribution in [0.5, 0.6) is 0 Å². The summed E-state index contributed by atoms with van der Waals surface area (Å²) >= 11 is 0. The lowest BCUT2D eigenvalue weighted by molar-refractivity contribution is -0.136. The van der Waals surface area contributed by atoms with Crippen molar-refractivity contribution in [3.63, 3.8) is 0 Å². The van der Waals surface area contributed by atoms with Crippen molar-refractivity contribution in [2.45, 2.75) is 46.5 Å². The van der Waals surface area contributed by atoms with Gasteiger partial charge in [-0.05, 0) is 30.7 Å². The Hall–Kier alpha value is -1.10. The Bertz CT molecular complexity index is 272. The smallest absolute Gasteiger partial charge is 0.305 e. The molecule has 0 fully saturated rings. The first-order valence-electron chi connectivity index (χ1n) is 6.46. The molecule has 106 valence electrons. The molecule has 5 nitrogen and oxygen atoms in total. The zero-order valence-electron chi connectivity index (χ0n) is 11.7. The molecule has 1 atom stereocenters. The fourth-order valence-electron chi connectivity index (χ4n) is 1.91. The fraction of sp³-hybridized carbons (Fsp3) is 0.846. The number of hydrogen-bond acceptors (Lipinski definition) is 3. The van der Waals surface area contributed by atoms with Crippen molar-refractivity contribution in [1.82, 2.24) is 5.32 Å². The third-order valence-electron chi connectivity index (χ3n) is 3.12. The molecule has 0 spiro atoms. The lowest BCUT2D eigenvalue weighted by Gasteiger charge is -2.30. The van der Waals surface area contributed by atoms with Gasteiger partial charge in [0, 0.05) is 13.0 Å². The van der Waals surface area contributed by atoms with E-state index in [9.17, 15) is 9.59 Å². The van der Waals surface area contributed by atoms with Gasteiger partial charge in [0.1, 0.15) is 0 Å². The lowest BCUT2D eigenvalue weighted by atomic mass is 9.76. The number of hydrogen-bond donors (Lipinski definition) is 3. The van der Waals surface area contributed by atoms with Crippen LogP contribution in [0.4, 0.5) is 0 Å². The van der Waals surface area contributed by atoms with Gasteiger partial charge in [0.05, 0.1) is 6.42 Å². The number of carboxylic acids is 1. The fourth-order valence-corrected chi connectivity index (χ4v) is 1.91. The highest BCUT2D eigenvalue weighted by Crippen LogP contribution is 2.31. The number of nitrogens with one attached hydrogen (secondary N) is 1. The Balaban J connectivity index is 3.96. The van der Waals surface area contributed by atoms with Crippen LogP contribution in [0.2, 0.25) is 0 Å². The molecular weight excluding hydrogens is 232 g/mol. The van der Waals surface area contributed by atoms with Crippen molar-refractivity contribution in [2.75, 3.05) is 13.1 Å². The zero-order valence-corrected chi connectivity index (χ0v) is 11.7. The number of carbonyl (C=O) groups excluding carboxylic acids is 1. The first-order chi connectivity index (χ1) is 8.27. The minimum Gasteiger partial charge on any atom is -0.481 e. The molecule has 0 aliphatic carbocycles. The van der Waals surface area contributed by atoms with Crippen molar-refractivity contribution in [3.8, 4) is 0 Å². The predicted octanol–water partition coefficient (Wildman–Crippen LogP) is 1.37. The average molecular weight is 258 g/mol. The van der Waals surface area contributed by atoms with Gasteiger partial charge in [-0.25, -0.2) is 0 Å². The molecule has 0 saturated carbocycles. The van der Waals surface area contributed by atoms with E-state index in [-0.39, 0.29) is 24.3 Å². The quantitative estimate of drug-likeness (QED) is 0.613. The van der Waals surface area contributed by atoms with E-state index in [1.807, 2.05) is 0 Å². The molecule has 0 aliphatic rings. The van der Waals surface area contributed by atoms with E-state index in [0.29, 0.717) is 18.9 Å². The van der Waals surface area contributed by atoms with Gasteiger partial charge in [-0.2, -0.15) is 0 Å². The van der Waals surface area contributed by atoms with E-state index in [4.69, 9.17) is 10.8 Å². The second-order valence-electron chi connectivity index (χ2n) is 5.67. The van der Waals surface area contributed by atoms with E-state index in [2.05, 4.69) is 26.1 Å². The van der Waals surface area contributed by atoms with Crippen molar-refractivity contribution in [1.29, 1.82) is 0 Å². The summed E-state index contributed by atoms with van der Waals surface area (Å²) in [5, 5.41) is 11.1. The molecule has 0 bridgehead atoms. The van der Waals surface area contributed by atoms with Crippen molar-refractivity contribution < 1.29 is 14.7 Å². The predicted molar refractivity (Wildman–Crippen MR) is 71.1 cm³/mol. The van der Waals surface area contributed by atoms with E-state index < -0.39 is 5.97 Å². The van der Waals surface area contributed by atoms with Gasteiger partial charge in [-0.15, -0.1) is 0 Å². The molecule has 0 aromatic rings. The summed E-state index contributed by atoms with van der Waals surface area (Å²) in [4.78, 5) is 21.8. The molecule has 0 aromatic heterocycles. The maximum Gasteiger partial charge on any atom is 0.305 e. The molecule has 5 heteroatoms. The van der Waals surface area contributed by atoms with Gasteiger partial charge in [0.2, 0.25) is 5.91 Å². The maximum atomic E-state index is 11.5. The van der Waals surface area contributed by atoms with Gasteiger partial charge in [0.15, 0.2) is 0 Å². The Kier molecular flexibility index (Phi) is 7.59. The van der Waals surface area contributed by atoms with Crippen LogP contribution in [0, 0.1) is 11.3 Å². The molecule has 1 unspecified atom stereocenters. The van der Waals surface area contributed by atoms with Gasteiger partial charge in [-0.1, -0.05) is 20.8 Å². The normalized spacial score (nSPS) is 13.1. The van der Waals surface area contributed by atoms with Crippen molar-refractivity contribution in [3.05, 3.63) is 0 Å². The first-order valence-corrected chi connectivity index (χ1v) is 6.46. The average Bonchev–Trinajstić information content (AvgIpc) is 2.21. The topological polar surface area (TPSA) is 92.4 Å². The zero-order chi connectivity index (χ0) is 14.2. The Labute approximate surface area is 109 Å².